The van der Waals surface area contributed by atoms with Gasteiger partial charge in [-0.3, -0.25) is 4.79 Å². The lowest BCUT2D eigenvalue weighted by Gasteiger charge is -2.23. The van der Waals surface area contributed by atoms with Gasteiger partial charge in [0.15, 0.2) is 0 Å². The maximum Gasteiger partial charge on any atom is 0.221 e. The number of hydrogen-bond donors (Lipinski definition) is 2. The second kappa shape index (κ2) is 7.57. The lowest BCUT2D eigenvalue weighted by Crippen LogP contribution is -2.35. The Morgan fingerprint density at radius 2 is 2.40 bits per heavy atom. The molecule has 1 aliphatic carbocycles. The summed E-state index contributed by atoms with van der Waals surface area (Å²) in [5, 5.41) is 6.54. The van der Waals surface area contributed by atoms with E-state index in [2.05, 4.69) is 39.6 Å². The third-order valence-electron chi connectivity index (χ3n) is 3.85. The van der Waals surface area contributed by atoms with Gasteiger partial charge in [0.2, 0.25) is 5.91 Å². The number of nitrogens with one attached hydrogen (secondary N) is 2. The molecule has 1 heterocycles. The number of amides is 1. The Balaban J connectivity index is 1.79. The predicted molar refractivity (Wildman–Crippen MR) is 88.2 cm³/mol. The van der Waals surface area contributed by atoms with Gasteiger partial charge >= 0.3 is 0 Å². The molecule has 2 unspecified atom stereocenters. The van der Waals surface area contributed by atoms with Crippen molar-refractivity contribution in [2.75, 3.05) is 6.54 Å². The highest BCUT2D eigenvalue weighted by Gasteiger charge is 2.22. The van der Waals surface area contributed by atoms with Crippen molar-refractivity contribution in [3.05, 3.63) is 20.3 Å². The van der Waals surface area contributed by atoms with Gasteiger partial charge in [0, 0.05) is 29.9 Å². The summed E-state index contributed by atoms with van der Waals surface area (Å²) in [6.45, 7) is 4.88. The van der Waals surface area contributed by atoms with E-state index >= 15 is 0 Å². The van der Waals surface area contributed by atoms with Crippen molar-refractivity contribution < 1.29 is 4.79 Å². The van der Waals surface area contributed by atoms with Gasteiger partial charge in [-0.2, -0.15) is 0 Å². The van der Waals surface area contributed by atoms with Gasteiger partial charge in [-0.1, -0.05) is 6.92 Å². The summed E-state index contributed by atoms with van der Waals surface area (Å²) in [6.07, 6.45) is 5.13. The van der Waals surface area contributed by atoms with Crippen LogP contribution in [0.4, 0.5) is 0 Å². The number of thiophene rings is 1. The standard InChI is InChI=1S/C15H23BrN2OS/c1-3-10(2)18-15(19)7-8-17-12-5-4-6-13-11(12)9-14(16)20-13/h9-10,12,17H,3-8H2,1-2H3,(H,18,19). The SMILES string of the molecule is CCC(C)NC(=O)CCNC1CCCc2sc(Br)cc21. The quantitative estimate of drug-likeness (QED) is 0.812. The zero-order valence-corrected chi connectivity index (χ0v) is 14.6. The largest absolute Gasteiger partial charge is 0.354 e. The van der Waals surface area contributed by atoms with Crippen LogP contribution in [0.1, 0.15) is 56.0 Å². The Bertz CT molecular complexity index is 461. The van der Waals surface area contributed by atoms with Crippen LogP contribution < -0.4 is 10.6 Å². The second-order valence-electron chi connectivity index (χ2n) is 5.45. The van der Waals surface area contributed by atoms with Crippen LogP contribution in [0.3, 0.4) is 0 Å². The lowest BCUT2D eigenvalue weighted by molar-refractivity contribution is -0.121. The molecule has 0 spiro atoms. The number of halogens is 1. The van der Waals surface area contributed by atoms with Gasteiger partial charge in [0.05, 0.1) is 3.79 Å². The van der Waals surface area contributed by atoms with Gasteiger partial charge in [-0.25, -0.2) is 0 Å². The van der Waals surface area contributed by atoms with E-state index in [1.54, 1.807) is 0 Å². The van der Waals surface area contributed by atoms with E-state index in [-0.39, 0.29) is 11.9 Å². The van der Waals surface area contributed by atoms with Crippen LogP contribution in [-0.2, 0) is 11.2 Å². The third-order valence-corrected chi connectivity index (χ3v) is 5.56. The smallest absolute Gasteiger partial charge is 0.221 e. The second-order valence-corrected chi connectivity index (χ2v) is 7.97. The Morgan fingerprint density at radius 1 is 1.60 bits per heavy atom. The molecule has 112 valence electrons. The summed E-state index contributed by atoms with van der Waals surface area (Å²) in [6, 6.07) is 2.92. The molecule has 5 heteroatoms. The van der Waals surface area contributed by atoms with Crippen LogP contribution in [0.15, 0.2) is 9.85 Å². The fourth-order valence-corrected chi connectivity index (χ4v) is 4.36. The van der Waals surface area contributed by atoms with E-state index in [9.17, 15) is 4.79 Å². The van der Waals surface area contributed by atoms with Crippen LogP contribution in [0, 0.1) is 0 Å². The molecule has 0 bridgehead atoms. The van der Waals surface area contributed by atoms with Crippen LogP contribution in [0.5, 0.6) is 0 Å². The first-order chi connectivity index (χ1) is 9.60. The monoisotopic (exact) mass is 358 g/mol. The molecule has 0 radical (unpaired) electrons. The first-order valence-corrected chi connectivity index (χ1v) is 9.02. The molecule has 1 aliphatic rings. The normalized spacial score (nSPS) is 19.4. The van der Waals surface area contributed by atoms with Gasteiger partial charge in [0.25, 0.3) is 0 Å². The highest BCUT2D eigenvalue weighted by molar-refractivity contribution is 9.11. The van der Waals surface area contributed by atoms with E-state index < -0.39 is 0 Å². The van der Waals surface area contributed by atoms with Crippen LogP contribution in [-0.4, -0.2) is 18.5 Å². The molecule has 0 saturated carbocycles. The highest BCUT2D eigenvalue weighted by atomic mass is 79.9. The summed E-state index contributed by atoms with van der Waals surface area (Å²) in [7, 11) is 0. The van der Waals surface area contributed by atoms with Crippen molar-refractivity contribution in [3.63, 3.8) is 0 Å². The summed E-state index contributed by atoms with van der Waals surface area (Å²) < 4.78 is 1.21. The van der Waals surface area contributed by atoms with Crippen molar-refractivity contribution in [2.24, 2.45) is 0 Å². The van der Waals surface area contributed by atoms with Crippen LogP contribution in [0.25, 0.3) is 0 Å². The Kier molecular flexibility index (Phi) is 6.05. The average Bonchev–Trinajstić information content (AvgIpc) is 2.79. The van der Waals surface area contributed by atoms with Crippen molar-refractivity contribution in [1.82, 2.24) is 10.6 Å². The minimum atomic E-state index is 0.148. The van der Waals surface area contributed by atoms with Gasteiger partial charge in [-0.15, -0.1) is 11.3 Å². The van der Waals surface area contributed by atoms with Gasteiger partial charge in [-0.05, 0) is 60.2 Å². The zero-order valence-electron chi connectivity index (χ0n) is 12.2. The van der Waals surface area contributed by atoms with Crippen LogP contribution >= 0.6 is 27.3 Å². The molecular formula is C15H23BrN2OS. The lowest BCUT2D eigenvalue weighted by atomic mass is 9.94. The summed E-state index contributed by atoms with van der Waals surface area (Å²) >= 11 is 5.42. The van der Waals surface area contributed by atoms with E-state index in [1.807, 2.05) is 18.3 Å². The number of fused-ring (bicyclic) bond motifs is 1. The first kappa shape index (κ1) is 16.0. The topological polar surface area (TPSA) is 41.1 Å². The molecular weight excluding hydrogens is 336 g/mol. The molecule has 2 N–H and O–H groups in total. The fourth-order valence-electron chi connectivity index (χ4n) is 2.54. The molecule has 20 heavy (non-hydrogen) atoms. The molecule has 0 aromatic carbocycles. The summed E-state index contributed by atoms with van der Waals surface area (Å²) in [5.41, 5.74) is 1.43. The molecule has 0 saturated heterocycles. The first-order valence-electron chi connectivity index (χ1n) is 7.41. The minimum absolute atomic E-state index is 0.148. The Morgan fingerprint density at radius 3 is 3.15 bits per heavy atom. The molecule has 2 atom stereocenters. The zero-order chi connectivity index (χ0) is 14.5. The molecule has 3 nitrogen and oxygen atoms in total. The number of hydrogen-bond acceptors (Lipinski definition) is 3. The maximum atomic E-state index is 11.7. The Labute approximate surface area is 133 Å². The summed E-state index contributed by atoms with van der Waals surface area (Å²) in [4.78, 5) is 13.2. The molecule has 1 aromatic heterocycles. The van der Waals surface area contributed by atoms with E-state index in [1.165, 1.54) is 33.5 Å². The van der Waals surface area contributed by atoms with Crippen LogP contribution in [0.2, 0.25) is 0 Å². The van der Waals surface area contributed by atoms with Gasteiger partial charge < -0.3 is 10.6 Å². The van der Waals surface area contributed by atoms with Crippen molar-refractivity contribution in [3.8, 4) is 0 Å². The fraction of sp³-hybridized carbons (Fsp3) is 0.667. The molecule has 0 aliphatic heterocycles. The summed E-state index contributed by atoms with van der Waals surface area (Å²) in [5.74, 6) is 0.148. The van der Waals surface area contributed by atoms with Crippen molar-refractivity contribution in [1.29, 1.82) is 0 Å². The predicted octanol–water partition coefficient (Wildman–Crippen LogP) is 3.78. The van der Waals surface area contributed by atoms with Crippen molar-refractivity contribution in [2.45, 2.75) is 58.0 Å². The van der Waals surface area contributed by atoms with E-state index in [0.29, 0.717) is 12.5 Å². The van der Waals surface area contributed by atoms with Crippen molar-refractivity contribution >= 4 is 33.2 Å². The average molecular weight is 359 g/mol. The molecule has 1 amide bonds. The Hall–Kier alpha value is -0.390. The number of rotatable bonds is 6. The van der Waals surface area contributed by atoms with E-state index in [4.69, 9.17) is 0 Å². The number of aryl methyl sites for hydroxylation is 1. The third kappa shape index (κ3) is 4.30. The number of carbonyl (C=O) groups excluding carboxylic acids is 1. The highest BCUT2D eigenvalue weighted by Crippen LogP contribution is 2.37. The number of carbonyl (C=O) groups is 1. The van der Waals surface area contributed by atoms with E-state index in [0.717, 1.165) is 13.0 Å². The van der Waals surface area contributed by atoms with Gasteiger partial charge in [0.1, 0.15) is 0 Å². The molecule has 1 aromatic rings. The maximum absolute atomic E-state index is 11.7. The molecule has 0 fully saturated rings. The molecule has 2 rings (SSSR count). The minimum Gasteiger partial charge on any atom is -0.354 e.